The number of hydrogen-bond donors (Lipinski definition) is 2. The van der Waals surface area contributed by atoms with Crippen LogP contribution in [-0.4, -0.2) is 63.0 Å². The highest BCUT2D eigenvalue weighted by Crippen LogP contribution is 2.23. The lowest BCUT2D eigenvalue weighted by Crippen LogP contribution is -2.43. The predicted molar refractivity (Wildman–Crippen MR) is 129 cm³/mol. The lowest BCUT2D eigenvalue weighted by molar-refractivity contribution is -0.132. The van der Waals surface area contributed by atoms with Crippen LogP contribution in [-0.2, 0) is 4.79 Å². The van der Waals surface area contributed by atoms with Crippen molar-refractivity contribution in [2.75, 3.05) is 30.4 Å². The minimum atomic E-state index is -0.111. The van der Waals surface area contributed by atoms with E-state index in [9.17, 15) is 4.79 Å². The van der Waals surface area contributed by atoms with Gasteiger partial charge >= 0.3 is 0 Å². The van der Waals surface area contributed by atoms with Crippen molar-refractivity contribution in [2.45, 2.75) is 38.3 Å². The highest BCUT2D eigenvalue weighted by molar-refractivity contribution is 5.76. The number of nitrogens with zero attached hydrogens (tertiary/aromatic N) is 6. The van der Waals surface area contributed by atoms with Gasteiger partial charge in [0.15, 0.2) is 5.82 Å². The molecule has 1 aromatic carbocycles. The Morgan fingerprint density at radius 2 is 1.76 bits per heavy atom. The van der Waals surface area contributed by atoms with Crippen LogP contribution in [0.5, 0.6) is 0 Å². The maximum absolute atomic E-state index is 12.2. The molecule has 172 valence electrons. The van der Waals surface area contributed by atoms with Crippen molar-refractivity contribution in [3.05, 3.63) is 54.9 Å². The quantitative estimate of drug-likeness (QED) is 0.570. The van der Waals surface area contributed by atoms with Gasteiger partial charge in [-0.05, 0) is 31.9 Å². The fraction of sp³-hybridized carbons (Fsp3) is 0.375. The molecule has 0 unspecified atom stereocenters. The van der Waals surface area contributed by atoms with Crippen molar-refractivity contribution in [3.63, 3.8) is 0 Å². The van der Waals surface area contributed by atoms with Gasteiger partial charge in [-0.15, -0.1) is 0 Å². The standard InChI is InChI=1S/C24H30N8O/c1-17(25)16-22(33)32-14-10-19(11-15-32)28-24-27-13-9-21(30-24)31(2)20-8-12-26-23(29-20)18-6-4-3-5-7-18/h3-9,12-13,17,19H,10-11,14-16,25H2,1-2H3,(H,27,28,30)/t17-/m1/s1. The van der Waals surface area contributed by atoms with Crippen LogP contribution in [0.3, 0.4) is 0 Å². The molecule has 0 aliphatic carbocycles. The molecule has 9 heteroatoms. The van der Waals surface area contributed by atoms with E-state index in [-0.39, 0.29) is 18.0 Å². The Morgan fingerprint density at radius 1 is 1.09 bits per heavy atom. The van der Waals surface area contributed by atoms with Crippen molar-refractivity contribution in [2.24, 2.45) is 5.73 Å². The number of carbonyl (C=O) groups excluding carboxylic acids is 1. The largest absolute Gasteiger partial charge is 0.351 e. The zero-order valence-corrected chi connectivity index (χ0v) is 19.1. The van der Waals surface area contributed by atoms with Crippen LogP contribution >= 0.6 is 0 Å². The van der Waals surface area contributed by atoms with Gasteiger partial charge in [-0.25, -0.2) is 15.0 Å². The summed E-state index contributed by atoms with van der Waals surface area (Å²) in [4.78, 5) is 34.2. The first-order chi connectivity index (χ1) is 16.0. The summed E-state index contributed by atoms with van der Waals surface area (Å²) in [5.74, 6) is 2.84. The summed E-state index contributed by atoms with van der Waals surface area (Å²) in [7, 11) is 1.92. The SMILES string of the molecule is C[C@@H](N)CC(=O)N1CCC(Nc2nccc(N(C)c3ccnc(-c4ccccc4)n3)n2)CC1. The first-order valence-corrected chi connectivity index (χ1v) is 11.2. The molecule has 9 nitrogen and oxygen atoms in total. The Balaban J connectivity index is 1.40. The van der Waals surface area contributed by atoms with Crippen molar-refractivity contribution in [1.82, 2.24) is 24.8 Å². The van der Waals surface area contributed by atoms with Gasteiger partial charge < -0.3 is 20.9 Å². The molecular weight excluding hydrogens is 416 g/mol. The van der Waals surface area contributed by atoms with Crippen molar-refractivity contribution in [3.8, 4) is 11.4 Å². The zero-order valence-electron chi connectivity index (χ0n) is 19.1. The maximum Gasteiger partial charge on any atom is 0.224 e. The molecule has 0 bridgehead atoms. The van der Waals surface area contributed by atoms with Gasteiger partial charge in [0.05, 0.1) is 0 Å². The number of nitrogens with one attached hydrogen (secondary N) is 1. The summed E-state index contributed by atoms with van der Waals surface area (Å²) < 4.78 is 0. The number of hydrogen-bond acceptors (Lipinski definition) is 8. The van der Waals surface area contributed by atoms with Crippen LogP contribution in [0.25, 0.3) is 11.4 Å². The minimum absolute atomic E-state index is 0.111. The van der Waals surface area contributed by atoms with Gasteiger partial charge in [0.25, 0.3) is 0 Å². The Kier molecular flexibility index (Phi) is 7.09. The molecule has 1 aliphatic heterocycles. The number of likely N-dealkylation sites (tertiary alicyclic amines) is 1. The number of rotatable bonds is 7. The van der Waals surface area contributed by atoms with Crippen LogP contribution in [0.2, 0.25) is 0 Å². The smallest absolute Gasteiger partial charge is 0.224 e. The zero-order chi connectivity index (χ0) is 23.2. The first-order valence-electron chi connectivity index (χ1n) is 11.2. The minimum Gasteiger partial charge on any atom is -0.351 e. The second kappa shape index (κ2) is 10.4. The second-order valence-corrected chi connectivity index (χ2v) is 8.38. The number of nitrogens with two attached hydrogens (primary N) is 1. The predicted octanol–water partition coefficient (Wildman–Crippen LogP) is 2.84. The van der Waals surface area contributed by atoms with Crippen LogP contribution in [0, 0.1) is 0 Å². The normalized spacial score (nSPS) is 15.2. The van der Waals surface area contributed by atoms with Crippen molar-refractivity contribution in [1.29, 1.82) is 0 Å². The third-order valence-corrected chi connectivity index (χ3v) is 5.68. The van der Waals surface area contributed by atoms with E-state index in [0.29, 0.717) is 31.3 Å². The topological polar surface area (TPSA) is 113 Å². The Labute approximate surface area is 194 Å². The highest BCUT2D eigenvalue weighted by Gasteiger charge is 2.23. The van der Waals surface area contributed by atoms with E-state index in [0.717, 1.165) is 30.0 Å². The highest BCUT2D eigenvalue weighted by atomic mass is 16.2. The molecule has 4 rings (SSSR count). The summed E-state index contributed by atoms with van der Waals surface area (Å²) in [5.41, 5.74) is 6.72. The number of piperidine rings is 1. The van der Waals surface area contributed by atoms with E-state index >= 15 is 0 Å². The number of benzene rings is 1. The number of anilines is 3. The summed E-state index contributed by atoms with van der Waals surface area (Å²) in [6.07, 6.45) is 5.58. The molecule has 3 aromatic rings. The van der Waals surface area contributed by atoms with Gasteiger partial charge in [0.2, 0.25) is 11.9 Å². The number of aromatic nitrogens is 4. The summed E-state index contributed by atoms with van der Waals surface area (Å²) in [6.45, 7) is 3.29. The summed E-state index contributed by atoms with van der Waals surface area (Å²) in [6, 6.07) is 13.7. The average molecular weight is 447 g/mol. The van der Waals surface area contributed by atoms with Crippen LogP contribution in [0.15, 0.2) is 54.9 Å². The molecule has 0 spiro atoms. The Hall–Kier alpha value is -3.59. The van der Waals surface area contributed by atoms with E-state index in [4.69, 9.17) is 10.7 Å². The van der Waals surface area contributed by atoms with E-state index in [2.05, 4.69) is 20.3 Å². The molecule has 3 heterocycles. The Bertz CT molecular complexity index is 1070. The van der Waals surface area contributed by atoms with Crippen molar-refractivity contribution >= 4 is 23.5 Å². The molecule has 0 radical (unpaired) electrons. The van der Waals surface area contributed by atoms with E-state index in [1.54, 1.807) is 12.4 Å². The monoisotopic (exact) mass is 446 g/mol. The Morgan fingerprint density at radius 3 is 2.45 bits per heavy atom. The number of carbonyl (C=O) groups is 1. The van der Waals surface area contributed by atoms with Crippen LogP contribution in [0.1, 0.15) is 26.2 Å². The molecule has 0 saturated carbocycles. The second-order valence-electron chi connectivity index (χ2n) is 8.38. The molecule has 1 saturated heterocycles. The molecule has 2 aromatic heterocycles. The van der Waals surface area contributed by atoms with Gasteiger partial charge in [-0.1, -0.05) is 30.3 Å². The van der Waals surface area contributed by atoms with Gasteiger partial charge in [-0.2, -0.15) is 4.98 Å². The summed E-state index contributed by atoms with van der Waals surface area (Å²) >= 11 is 0. The van der Waals surface area contributed by atoms with Crippen LogP contribution in [0.4, 0.5) is 17.6 Å². The van der Waals surface area contributed by atoms with Crippen LogP contribution < -0.4 is 16.0 Å². The van der Waals surface area contributed by atoms with Gasteiger partial charge in [0, 0.05) is 56.6 Å². The first kappa shape index (κ1) is 22.6. The average Bonchev–Trinajstić information content (AvgIpc) is 2.84. The number of amides is 1. The molecule has 1 atom stereocenters. The molecule has 3 N–H and O–H groups in total. The molecule has 1 aliphatic rings. The molecule has 33 heavy (non-hydrogen) atoms. The summed E-state index contributed by atoms with van der Waals surface area (Å²) in [5, 5.41) is 3.42. The van der Waals surface area contributed by atoms with Crippen molar-refractivity contribution < 1.29 is 4.79 Å². The lowest BCUT2D eigenvalue weighted by atomic mass is 10.0. The van der Waals surface area contributed by atoms with Gasteiger partial charge in [0.1, 0.15) is 11.6 Å². The third kappa shape index (κ3) is 5.81. The third-order valence-electron chi connectivity index (χ3n) is 5.68. The van der Waals surface area contributed by atoms with E-state index in [1.807, 2.05) is 66.2 Å². The lowest BCUT2D eigenvalue weighted by Gasteiger charge is -2.33. The fourth-order valence-corrected chi connectivity index (χ4v) is 3.85. The van der Waals surface area contributed by atoms with Gasteiger partial charge in [-0.3, -0.25) is 4.79 Å². The fourth-order valence-electron chi connectivity index (χ4n) is 3.85. The van der Waals surface area contributed by atoms with E-state index < -0.39 is 0 Å². The van der Waals surface area contributed by atoms with E-state index in [1.165, 1.54) is 0 Å². The molecule has 1 amide bonds. The molecule has 1 fully saturated rings. The maximum atomic E-state index is 12.2. The molecular formula is C24H30N8O.